The number of carbonyl (C=O) groups excluding carboxylic acids is 1. The summed E-state index contributed by atoms with van der Waals surface area (Å²) in [6.45, 7) is 0.261. The van der Waals surface area contributed by atoms with Crippen molar-refractivity contribution in [2.24, 2.45) is 0 Å². The zero-order valence-corrected chi connectivity index (χ0v) is 13.0. The zero-order chi connectivity index (χ0) is 16.7. The van der Waals surface area contributed by atoms with Gasteiger partial charge in [-0.1, -0.05) is 29.8 Å². The molecular formula is C16H16ClN3O3. The first kappa shape index (κ1) is 16.9. The van der Waals surface area contributed by atoms with E-state index in [4.69, 9.17) is 11.6 Å². The molecule has 3 N–H and O–H groups in total. The number of nitrogens with one attached hydrogen (secondary N) is 2. The van der Waals surface area contributed by atoms with E-state index in [0.29, 0.717) is 16.4 Å². The van der Waals surface area contributed by atoms with E-state index in [-0.39, 0.29) is 13.0 Å². The van der Waals surface area contributed by atoms with Crippen molar-refractivity contribution in [1.29, 1.82) is 0 Å². The number of rotatable bonds is 7. The van der Waals surface area contributed by atoms with Crippen LogP contribution in [0.1, 0.15) is 12.1 Å². The minimum absolute atomic E-state index is 0.215. The topological polar surface area (TPSA) is 91.3 Å². The molecule has 1 aromatic carbocycles. The summed E-state index contributed by atoms with van der Waals surface area (Å²) >= 11 is 5.95. The summed E-state index contributed by atoms with van der Waals surface area (Å²) in [7, 11) is 0. The minimum atomic E-state index is -1.10. The number of halogens is 1. The number of hydrogen-bond donors (Lipinski definition) is 3. The molecular weight excluding hydrogens is 318 g/mol. The zero-order valence-electron chi connectivity index (χ0n) is 12.2. The number of aliphatic carboxylic acids is 1. The van der Waals surface area contributed by atoms with Gasteiger partial charge in [-0.15, -0.1) is 0 Å². The van der Waals surface area contributed by atoms with Crippen LogP contribution in [0.3, 0.4) is 0 Å². The molecule has 120 valence electrons. The molecule has 0 spiro atoms. The lowest BCUT2D eigenvalue weighted by Gasteiger charge is -2.14. The van der Waals surface area contributed by atoms with Crippen molar-refractivity contribution in [3.8, 4) is 0 Å². The second-order valence-corrected chi connectivity index (χ2v) is 5.23. The third-order valence-electron chi connectivity index (χ3n) is 3.09. The monoisotopic (exact) mass is 333 g/mol. The van der Waals surface area contributed by atoms with Crippen LogP contribution >= 0.6 is 11.6 Å². The summed E-state index contributed by atoms with van der Waals surface area (Å²) in [6, 6.07) is 11.1. The molecule has 0 bridgehead atoms. The Morgan fingerprint density at radius 1 is 1.17 bits per heavy atom. The number of amides is 1. The first-order valence-electron chi connectivity index (χ1n) is 6.96. The van der Waals surface area contributed by atoms with Gasteiger partial charge in [-0.25, -0.2) is 0 Å². The van der Waals surface area contributed by atoms with Gasteiger partial charge in [0.25, 0.3) is 0 Å². The molecule has 0 fully saturated rings. The van der Waals surface area contributed by atoms with Crippen molar-refractivity contribution in [2.45, 2.75) is 19.0 Å². The lowest BCUT2D eigenvalue weighted by molar-refractivity contribution is -0.141. The molecule has 1 aromatic heterocycles. The van der Waals surface area contributed by atoms with E-state index in [0.717, 1.165) is 0 Å². The maximum Gasteiger partial charge on any atom is 0.321 e. The fourth-order valence-electron chi connectivity index (χ4n) is 1.93. The summed E-state index contributed by atoms with van der Waals surface area (Å²) in [4.78, 5) is 27.4. The van der Waals surface area contributed by atoms with Crippen molar-refractivity contribution in [1.82, 2.24) is 10.3 Å². The molecule has 1 heterocycles. The predicted octanol–water partition coefficient (Wildman–Crippen LogP) is 2.31. The Labute approximate surface area is 138 Å². The molecule has 2 rings (SSSR count). The highest BCUT2D eigenvalue weighted by Crippen LogP contribution is 2.20. The SMILES string of the molecule is O=C(C[C@@H](NCc1ccccn1)C(=O)O)Nc1ccccc1Cl. The first-order valence-corrected chi connectivity index (χ1v) is 7.34. The maximum atomic E-state index is 12.0. The van der Waals surface area contributed by atoms with Gasteiger partial charge in [0.1, 0.15) is 6.04 Å². The second-order valence-electron chi connectivity index (χ2n) is 4.82. The summed E-state index contributed by atoms with van der Waals surface area (Å²) < 4.78 is 0. The molecule has 6 nitrogen and oxygen atoms in total. The maximum absolute atomic E-state index is 12.0. The van der Waals surface area contributed by atoms with E-state index >= 15 is 0 Å². The van der Waals surface area contributed by atoms with E-state index < -0.39 is 17.9 Å². The fraction of sp³-hybridized carbons (Fsp3) is 0.188. The molecule has 1 atom stereocenters. The summed E-state index contributed by atoms with van der Waals surface area (Å²) in [5, 5.41) is 15.0. The molecule has 0 aliphatic rings. The molecule has 7 heteroatoms. The van der Waals surface area contributed by atoms with Crippen LogP contribution in [0, 0.1) is 0 Å². The highest BCUT2D eigenvalue weighted by Gasteiger charge is 2.21. The van der Waals surface area contributed by atoms with E-state index in [9.17, 15) is 14.7 Å². The molecule has 0 aliphatic heterocycles. The van der Waals surface area contributed by atoms with E-state index in [2.05, 4.69) is 15.6 Å². The van der Waals surface area contributed by atoms with E-state index in [1.165, 1.54) is 0 Å². The van der Waals surface area contributed by atoms with Crippen molar-refractivity contribution >= 4 is 29.2 Å². The molecule has 0 saturated carbocycles. The Morgan fingerprint density at radius 2 is 1.91 bits per heavy atom. The van der Waals surface area contributed by atoms with Crippen molar-refractivity contribution < 1.29 is 14.7 Å². The summed E-state index contributed by atoms with van der Waals surface area (Å²) in [5.74, 6) is -1.53. The van der Waals surface area contributed by atoms with Crippen LogP contribution in [-0.4, -0.2) is 28.0 Å². The largest absolute Gasteiger partial charge is 0.480 e. The van der Waals surface area contributed by atoms with Gasteiger partial charge in [-0.3, -0.25) is 19.9 Å². The smallest absolute Gasteiger partial charge is 0.321 e. The van der Waals surface area contributed by atoms with Crippen molar-refractivity contribution in [2.75, 3.05) is 5.32 Å². The molecule has 2 aromatic rings. The van der Waals surface area contributed by atoms with E-state index in [1.807, 2.05) is 6.07 Å². The average Bonchev–Trinajstić information content (AvgIpc) is 2.54. The Bertz CT molecular complexity index is 679. The van der Waals surface area contributed by atoms with Gasteiger partial charge in [0.2, 0.25) is 5.91 Å². The Hall–Kier alpha value is -2.44. The second kappa shape index (κ2) is 8.26. The summed E-state index contributed by atoms with van der Waals surface area (Å²) in [6.07, 6.45) is 1.41. The predicted molar refractivity (Wildman–Crippen MR) is 87.2 cm³/mol. The number of hydrogen-bond acceptors (Lipinski definition) is 4. The number of pyridine rings is 1. The van der Waals surface area contributed by atoms with Crippen LogP contribution in [0.15, 0.2) is 48.7 Å². The van der Waals surface area contributed by atoms with Crippen LogP contribution in [-0.2, 0) is 16.1 Å². The van der Waals surface area contributed by atoms with Gasteiger partial charge in [-0.2, -0.15) is 0 Å². The van der Waals surface area contributed by atoms with Crippen LogP contribution in [0.25, 0.3) is 0 Å². The number of benzene rings is 1. The van der Waals surface area contributed by atoms with Gasteiger partial charge in [0.05, 0.1) is 22.8 Å². The van der Waals surface area contributed by atoms with Crippen LogP contribution in [0.2, 0.25) is 5.02 Å². The van der Waals surface area contributed by atoms with Crippen LogP contribution in [0.4, 0.5) is 5.69 Å². The minimum Gasteiger partial charge on any atom is -0.480 e. The molecule has 0 radical (unpaired) electrons. The third-order valence-corrected chi connectivity index (χ3v) is 3.42. The lowest BCUT2D eigenvalue weighted by Crippen LogP contribution is -2.39. The highest BCUT2D eigenvalue weighted by atomic mass is 35.5. The van der Waals surface area contributed by atoms with Crippen molar-refractivity contribution in [3.05, 3.63) is 59.4 Å². The highest BCUT2D eigenvalue weighted by molar-refractivity contribution is 6.33. The number of carbonyl (C=O) groups is 2. The average molecular weight is 334 g/mol. The Kier molecular flexibility index (Phi) is 6.08. The Morgan fingerprint density at radius 3 is 2.57 bits per heavy atom. The fourth-order valence-corrected chi connectivity index (χ4v) is 2.11. The molecule has 23 heavy (non-hydrogen) atoms. The van der Waals surface area contributed by atoms with E-state index in [1.54, 1.807) is 42.6 Å². The van der Waals surface area contributed by atoms with Gasteiger partial charge < -0.3 is 10.4 Å². The summed E-state index contributed by atoms with van der Waals surface area (Å²) in [5.41, 5.74) is 1.15. The third kappa shape index (κ3) is 5.36. The number of nitrogens with zero attached hydrogens (tertiary/aromatic N) is 1. The number of anilines is 1. The van der Waals surface area contributed by atoms with Gasteiger partial charge in [0, 0.05) is 12.7 Å². The first-order chi connectivity index (χ1) is 11.1. The lowest BCUT2D eigenvalue weighted by atomic mass is 10.2. The quantitative estimate of drug-likeness (QED) is 0.723. The number of carboxylic acids is 1. The molecule has 0 saturated heterocycles. The normalized spacial score (nSPS) is 11.7. The van der Waals surface area contributed by atoms with Crippen LogP contribution in [0.5, 0.6) is 0 Å². The van der Waals surface area contributed by atoms with Gasteiger partial charge in [0.15, 0.2) is 0 Å². The molecule has 1 amide bonds. The number of carboxylic acid groups (broad SMARTS) is 1. The standard InChI is InChI=1S/C16H16ClN3O3/c17-12-6-1-2-7-13(12)20-15(21)9-14(16(22)23)19-10-11-5-3-4-8-18-11/h1-8,14,19H,9-10H2,(H,20,21)(H,22,23)/t14-/m1/s1. The van der Waals surface area contributed by atoms with Crippen LogP contribution < -0.4 is 10.6 Å². The molecule has 0 unspecified atom stereocenters. The van der Waals surface area contributed by atoms with Gasteiger partial charge >= 0.3 is 5.97 Å². The number of aromatic nitrogens is 1. The Balaban J connectivity index is 1.92. The van der Waals surface area contributed by atoms with Gasteiger partial charge in [-0.05, 0) is 24.3 Å². The van der Waals surface area contributed by atoms with Crippen molar-refractivity contribution in [3.63, 3.8) is 0 Å². The number of para-hydroxylation sites is 1. The molecule has 0 aliphatic carbocycles.